The maximum absolute atomic E-state index is 12.8. The number of rotatable bonds is 50. The van der Waals surface area contributed by atoms with Gasteiger partial charge in [0.25, 0.3) is 0 Å². The fraction of sp³-hybridized carbons (Fsp3) is 0.825. The predicted octanol–water partition coefficient (Wildman–Crippen LogP) is 18.3. The summed E-state index contributed by atoms with van der Waals surface area (Å²) >= 11 is 0. The molecule has 0 unspecified atom stereocenters. The number of hydrogen-bond acceptors (Lipinski definition) is 5. The highest BCUT2D eigenvalue weighted by atomic mass is 16.6. The van der Waals surface area contributed by atoms with Crippen molar-refractivity contribution in [3.63, 3.8) is 0 Å². The van der Waals surface area contributed by atoms with Gasteiger partial charge in [-0.1, -0.05) is 230 Å². The summed E-state index contributed by atoms with van der Waals surface area (Å²) in [7, 11) is 0. The van der Waals surface area contributed by atoms with Crippen molar-refractivity contribution in [1.29, 1.82) is 0 Å². The molecule has 0 N–H and O–H groups in total. The Labute approximate surface area is 386 Å². The molecule has 62 heavy (non-hydrogen) atoms. The van der Waals surface area contributed by atoms with Crippen molar-refractivity contribution in [2.45, 2.75) is 284 Å². The van der Waals surface area contributed by atoms with Gasteiger partial charge in [-0.25, -0.2) is 0 Å². The van der Waals surface area contributed by atoms with Crippen molar-refractivity contribution >= 4 is 11.9 Å². The van der Waals surface area contributed by atoms with Crippen LogP contribution in [-0.4, -0.2) is 37.9 Å². The van der Waals surface area contributed by atoms with Crippen LogP contribution < -0.4 is 0 Å². The lowest BCUT2D eigenvalue weighted by molar-refractivity contribution is -0.163. The van der Waals surface area contributed by atoms with Crippen molar-refractivity contribution in [3.05, 3.63) is 48.6 Å². The summed E-state index contributed by atoms with van der Waals surface area (Å²) in [5.41, 5.74) is 0. The highest BCUT2D eigenvalue weighted by Gasteiger charge is 2.17. The standard InChI is InChI=1S/C57H104O5/c1-4-7-10-13-16-19-22-25-27-29-30-33-35-38-41-44-47-50-56(58)61-54-55(62-57(59)51-48-45-42-39-36-32-24-21-18-15-12-9-6-3)53-60-52-49-46-43-40-37-34-31-28-26-23-20-17-14-11-8-5-2/h16,19,21,24-25,27,30,33,55H,4-15,17-18,20,22-23,26,28-29,31-32,34-54H2,1-3H3/b19-16-,24-21-,27-25-,33-30-/t55-/m1/s1. The smallest absolute Gasteiger partial charge is 0.306 e. The molecule has 5 heteroatoms. The molecule has 5 nitrogen and oxygen atoms in total. The summed E-state index contributed by atoms with van der Waals surface area (Å²) in [4.78, 5) is 25.4. The Kier molecular flexibility index (Phi) is 51.4. The van der Waals surface area contributed by atoms with Crippen LogP contribution >= 0.6 is 0 Å². The summed E-state index contributed by atoms with van der Waals surface area (Å²) in [6.07, 6.45) is 65.5. The molecule has 1 atom stereocenters. The molecule has 0 saturated carbocycles. The minimum Gasteiger partial charge on any atom is -0.462 e. The van der Waals surface area contributed by atoms with Crippen molar-refractivity contribution in [2.24, 2.45) is 0 Å². The molecule has 0 aromatic carbocycles. The van der Waals surface area contributed by atoms with E-state index < -0.39 is 6.10 Å². The van der Waals surface area contributed by atoms with E-state index in [1.54, 1.807) is 0 Å². The fourth-order valence-electron chi connectivity index (χ4n) is 7.75. The number of carbonyl (C=O) groups excluding carboxylic acids is 2. The molecule has 0 rings (SSSR count). The van der Waals surface area contributed by atoms with Crippen LogP contribution in [-0.2, 0) is 23.8 Å². The maximum atomic E-state index is 12.8. The molecule has 0 aromatic heterocycles. The Morgan fingerprint density at radius 1 is 0.355 bits per heavy atom. The molecule has 0 aromatic rings. The van der Waals surface area contributed by atoms with Gasteiger partial charge in [-0.3, -0.25) is 9.59 Å². The lowest BCUT2D eigenvalue weighted by atomic mass is 10.0. The number of hydrogen-bond donors (Lipinski definition) is 0. The summed E-state index contributed by atoms with van der Waals surface area (Å²) in [6.45, 7) is 7.80. The first-order valence-corrected chi connectivity index (χ1v) is 27.2. The van der Waals surface area contributed by atoms with Gasteiger partial charge in [-0.2, -0.15) is 0 Å². The van der Waals surface area contributed by atoms with E-state index in [0.29, 0.717) is 19.4 Å². The van der Waals surface area contributed by atoms with Crippen LogP contribution in [0.5, 0.6) is 0 Å². The van der Waals surface area contributed by atoms with Crippen LogP contribution in [0.25, 0.3) is 0 Å². The molecule has 0 aliphatic rings. The summed E-state index contributed by atoms with van der Waals surface area (Å²) in [5, 5.41) is 0. The van der Waals surface area contributed by atoms with E-state index in [1.165, 1.54) is 161 Å². The van der Waals surface area contributed by atoms with E-state index in [1.807, 2.05) is 0 Å². The van der Waals surface area contributed by atoms with Crippen LogP contribution in [0.3, 0.4) is 0 Å². The molecule has 0 spiro atoms. The maximum Gasteiger partial charge on any atom is 0.306 e. The minimum atomic E-state index is -0.546. The third-order valence-corrected chi connectivity index (χ3v) is 11.8. The van der Waals surface area contributed by atoms with E-state index in [9.17, 15) is 9.59 Å². The first kappa shape index (κ1) is 59.9. The summed E-state index contributed by atoms with van der Waals surface area (Å²) < 4.78 is 17.4. The molecule has 0 saturated heterocycles. The fourth-order valence-corrected chi connectivity index (χ4v) is 7.75. The lowest BCUT2D eigenvalue weighted by Crippen LogP contribution is -2.30. The quantitative estimate of drug-likeness (QED) is 0.0346. The number of allylic oxidation sites excluding steroid dienone is 8. The molecule has 0 bridgehead atoms. The van der Waals surface area contributed by atoms with E-state index in [-0.39, 0.29) is 25.2 Å². The van der Waals surface area contributed by atoms with Gasteiger partial charge in [-0.15, -0.1) is 0 Å². The first-order chi connectivity index (χ1) is 30.6. The van der Waals surface area contributed by atoms with Crippen LogP contribution in [0.15, 0.2) is 48.6 Å². The largest absolute Gasteiger partial charge is 0.462 e. The molecule has 0 aliphatic heterocycles. The number of esters is 2. The molecule has 0 fully saturated rings. The van der Waals surface area contributed by atoms with Gasteiger partial charge in [0.1, 0.15) is 6.61 Å². The molecule has 362 valence electrons. The van der Waals surface area contributed by atoms with Crippen molar-refractivity contribution in [2.75, 3.05) is 19.8 Å². The molecule has 0 amide bonds. The van der Waals surface area contributed by atoms with Gasteiger partial charge in [0.15, 0.2) is 6.10 Å². The third-order valence-electron chi connectivity index (χ3n) is 11.8. The number of carbonyl (C=O) groups is 2. The normalized spacial score (nSPS) is 12.5. The zero-order chi connectivity index (χ0) is 44.9. The van der Waals surface area contributed by atoms with Crippen molar-refractivity contribution < 1.29 is 23.8 Å². The Bertz CT molecular complexity index is 1030. The molecule has 0 aliphatic carbocycles. The molecular formula is C57H104O5. The zero-order valence-corrected chi connectivity index (χ0v) is 41.6. The minimum absolute atomic E-state index is 0.0736. The predicted molar refractivity (Wildman–Crippen MR) is 270 cm³/mol. The van der Waals surface area contributed by atoms with Crippen LogP contribution in [0.1, 0.15) is 278 Å². The van der Waals surface area contributed by atoms with Gasteiger partial charge in [-0.05, 0) is 83.5 Å². The van der Waals surface area contributed by atoms with E-state index >= 15 is 0 Å². The SMILES string of the molecule is CCCCC/C=C\C/C=C\C/C=C\CCCCCCC(=O)OC[C@@H](COCCCCCCCCCCCCCCCCCC)OC(=O)CCCCCCC/C=C\CCCCCC. The van der Waals surface area contributed by atoms with Crippen molar-refractivity contribution in [1.82, 2.24) is 0 Å². The second-order valence-electron chi connectivity index (χ2n) is 18.1. The number of ether oxygens (including phenoxy) is 3. The average molecular weight is 869 g/mol. The first-order valence-electron chi connectivity index (χ1n) is 27.2. The molecular weight excluding hydrogens is 765 g/mol. The topological polar surface area (TPSA) is 61.8 Å². The highest BCUT2D eigenvalue weighted by Crippen LogP contribution is 2.15. The van der Waals surface area contributed by atoms with Gasteiger partial charge < -0.3 is 14.2 Å². The summed E-state index contributed by atoms with van der Waals surface area (Å²) in [6, 6.07) is 0. The lowest BCUT2D eigenvalue weighted by Gasteiger charge is -2.18. The van der Waals surface area contributed by atoms with Crippen LogP contribution in [0.4, 0.5) is 0 Å². The van der Waals surface area contributed by atoms with Gasteiger partial charge in [0.2, 0.25) is 0 Å². The average Bonchev–Trinajstić information content (AvgIpc) is 3.27. The monoisotopic (exact) mass is 869 g/mol. The third kappa shape index (κ3) is 50.5. The van der Waals surface area contributed by atoms with Crippen LogP contribution in [0.2, 0.25) is 0 Å². The van der Waals surface area contributed by atoms with Crippen molar-refractivity contribution in [3.8, 4) is 0 Å². The van der Waals surface area contributed by atoms with Crippen LogP contribution in [0, 0.1) is 0 Å². The van der Waals surface area contributed by atoms with Gasteiger partial charge in [0.05, 0.1) is 6.61 Å². The Morgan fingerprint density at radius 2 is 0.677 bits per heavy atom. The highest BCUT2D eigenvalue weighted by molar-refractivity contribution is 5.70. The number of unbranched alkanes of at least 4 members (excludes halogenated alkanes) is 31. The second-order valence-corrected chi connectivity index (χ2v) is 18.1. The molecule has 0 radical (unpaired) electrons. The molecule has 0 heterocycles. The van der Waals surface area contributed by atoms with E-state index in [0.717, 1.165) is 83.5 Å². The Morgan fingerprint density at radius 3 is 1.15 bits per heavy atom. The Balaban J connectivity index is 4.28. The Hall–Kier alpha value is -2.14. The van der Waals surface area contributed by atoms with E-state index in [2.05, 4.69) is 69.4 Å². The van der Waals surface area contributed by atoms with Gasteiger partial charge >= 0.3 is 11.9 Å². The van der Waals surface area contributed by atoms with Gasteiger partial charge in [0, 0.05) is 19.4 Å². The summed E-state index contributed by atoms with van der Waals surface area (Å²) in [5.74, 6) is -0.420. The van der Waals surface area contributed by atoms with E-state index in [4.69, 9.17) is 14.2 Å². The zero-order valence-electron chi connectivity index (χ0n) is 41.6. The second kappa shape index (κ2) is 53.2.